The summed E-state index contributed by atoms with van der Waals surface area (Å²) in [5.74, 6) is 0. The molecule has 0 saturated heterocycles. The molecular formula is C11H20BrClN2S. The molecule has 1 rings (SSSR count). The van der Waals surface area contributed by atoms with Gasteiger partial charge in [-0.15, -0.1) is 23.7 Å². The highest BCUT2D eigenvalue weighted by Gasteiger charge is 2.18. The molecule has 0 amide bonds. The van der Waals surface area contributed by atoms with E-state index in [0.717, 1.165) is 19.6 Å². The Kier molecular flexibility index (Phi) is 7.14. The molecule has 0 atom stereocenters. The van der Waals surface area contributed by atoms with Crippen molar-refractivity contribution in [3.63, 3.8) is 0 Å². The highest BCUT2D eigenvalue weighted by molar-refractivity contribution is 9.10. The van der Waals surface area contributed by atoms with Crippen LogP contribution in [-0.2, 0) is 6.54 Å². The second kappa shape index (κ2) is 6.97. The Morgan fingerprint density at radius 2 is 2.12 bits per heavy atom. The number of halogens is 2. The first-order valence-electron chi connectivity index (χ1n) is 5.04. The molecule has 0 radical (unpaired) electrons. The Morgan fingerprint density at radius 1 is 1.50 bits per heavy atom. The molecule has 2 nitrogen and oxygen atoms in total. The van der Waals surface area contributed by atoms with Gasteiger partial charge in [-0.1, -0.05) is 13.8 Å². The fraction of sp³-hybridized carbons (Fsp3) is 0.636. The second-order valence-corrected chi connectivity index (χ2v) is 6.68. The van der Waals surface area contributed by atoms with E-state index < -0.39 is 0 Å². The van der Waals surface area contributed by atoms with E-state index in [-0.39, 0.29) is 17.8 Å². The largest absolute Gasteiger partial charge is 0.330 e. The van der Waals surface area contributed by atoms with Gasteiger partial charge in [-0.25, -0.2) is 0 Å². The van der Waals surface area contributed by atoms with Crippen molar-refractivity contribution >= 4 is 39.7 Å². The van der Waals surface area contributed by atoms with Gasteiger partial charge in [0.1, 0.15) is 0 Å². The zero-order valence-corrected chi connectivity index (χ0v) is 13.2. The van der Waals surface area contributed by atoms with Gasteiger partial charge in [0.2, 0.25) is 0 Å². The molecule has 0 aliphatic heterocycles. The first-order valence-corrected chi connectivity index (χ1v) is 6.72. The fourth-order valence-corrected chi connectivity index (χ4v) is 3.08. The third-order valence-electron chi connectivity index (χ3n) is 2.30. The molecule has 2 N–H and O–H groups in total. The maximum absolute atomic E-state index is 5.72. The van der Waals surface area contributed by atoms with Crippen molar-refractivity contribution in [2.24, 2.45) is 11.1 Å². The number of nitrogens with zero attached hydrogens (tertiary/aromatic N) is 1. The van der Waals surface area contributed by atoms with Crippen molar-refractivity contribution in [1.82, 2.24) is 4.90 Å². The van der Waals surface area contributed by atoms with Crippen LogP contribution in [0.5, 0.6) is 0 Å². The van der Waals surface area contributed by atoms with Gasteiger partial charge in [-0.2, -0.15) is 0 Å². The summed E-state index contributed by atoms with van der Waals surface area (Å²) in [6.07, 6.45) is 0. The molecule has 1 heterocycles. The van der Waals surface area contributed by atoms with Crippen molar-refractivity contribution in [3.05, 3.63) is 20.8 Å². The third kappa shape index (κ3) is 5.64. The maximum atomic E-state index is 5.72. The highest BCUT2D eigenvalue weighted by atomic mass is 79.9. The summed E-state index contributed by atoms with van der Waals surface area (Å²) in [6, 6.07) is 2.18. The van der Waals surface area contributed by atoms with Crippen LogP contribution in [0.3, 0.4) is 0 Å². The number of nitrogens with two attached hydrogens (primary N) is 1. The zero-order valence-electron chi connectivity index (χ0n) is 10.00. The minimum Gasteiger partial charge on any atom is -0.330 e. The number of hydrogen-bond acceptors (Lipinski definition) is 3. The number of rotatable bonds is 5. The molecule has 0 aromatic carbocycles. The lowest BCUT2D eigenvalue weighted by molar-refractivity contribution is 0.211. The van der Waals surface area contributed by atoms with Crippen molar-refractivity contribution in [2.75, 3.05) is 20.1 Å². The zero-order chi connectivity index (χ0) is 11.5. The standard InChI is InChI=1S/C11H19BrN2S.ClH/c1-11(2,7-13)8-14(3)5-10-4-9(12)6-15-10;/h4,6H,5,7-8,13H2,1-3H3;1H. The minimum atomic E-state index is 0. The van der Waals surface area contributed by atoms with Gasteiger partial charge >= 0.3 is 0 Å². The Bertz CT molecular complexity index is 315. The van der Waals surface area contributed by atoms with E-state index in [1.807, 2.05) is 0 Å². The molecule has 0 bridgehead atoms. The lowest BCUT2D eigenvalue weighted by atomic mass is 9.93. The molecule has 16 heavy (non-hydrogen) atoms. The van der Waals surface area contributed by atoms with Gasteiger partial charge in [-0.05, 0) is 41.0 Å². The molecule has 1 aromatic rings. The molecule has 0 spiro atoms. The Hall–Kier alpha value is 0.390. The van der Waals surface area contributed by atoms with Crippen LogP contribution in [0.4, 0.5) is 0 Å². The molecule has 0 aliphatic rings. The van der Waals surface area contributed by atoms with Gasteiger partial charge in [0.25, 0.3) is 0 Å². The fourth-order valence-electron chi connectivity index (χ4n) is 1.55. The molecule has 0 aliphatic carbocycles. The van der Waals surface area contributed by atoms with Crippen LogP contribution in [0.2, 0.25) is 0 Å². The van der Waals surface area contributed by atoms with E-state index in [2.05, 4.69) is 53.2 Å². The van der Waals surface area contributed by atoms with Crippen LogP contribution in [0.25, 0.3) is 0 Å². The topological polar surface area (TPSA) is 29.3 Å². The monoisotopic (exact) mass is 326 g/mol. The summed E-state index contributed by atoms with van der Waals surface area (Å²) in [5.41, 5.74) is 5.92. The summed E-state index contributed by atoms with van der Waals surface area (Å²) in [7, 11) is 2.14. The smallest absolute Gasteiger partial charge is 0.0325 e. The summed E-state index contributed by atoms with van der Waals surface area (Å²) in [4.78, 5) is 3.71. The molecule has 0 saturated carbocycles. The Labute approximate surface area is 117 Å². The highest BCUT2D eigenvalue weighted by Crippen LogP contribution is 2.22. The third-order valence-corrected chi connectivity index (χ3v) is 3.98. The quantitative estimate of drug-likeness (QED) is 0.898. The van der Waals surface area contributed by atoms with E-state index >= 15 is 0 Å². The van der Waals surface area contributed by atoms with Crippen LogP contribution in [-0.4, -0.2) is 25.0 Å². The van der Waals surface area contributed by atoms with E-state index in [9.17, 15) is 0 Å². The molecule has 0 unspecified atom stereocenters. The summed E-state index contributed by atoms with van der Waals surface area (Å²) in [5, 5.41) is 2.12. The van der Waals surface area contributed by atoms with E-state index in [1.54, 1.807) is 11.3 Å². The summed E-state index contributed by atoms with van der Waals surface area (Å²) in [6.45, 7) is 7.16. The Morgan fingerprint density at radius 3 is 2.56 bits per heavy atom. The summed E-state index contributed by atoms with van der Waals surface area (Å²) < 4.78 is 1.17. The first-order chi connectivity index (χ1) is 6.93. The Balaban J connectivity index is 0.00000225. The molecular weight excluding hydrogens is 308 g/mol. The van der Waals surface area contributed by atoms with Crippen LogP contribution in [0.15, 0.2) is 15.9 Å². The van der Waals surface area contributed by atoms with Crippen LogP contribution < -0.4 is 5.73 Å². The van der Waals surface area contributed by atoms with Crippen LogP contribution in [0, 0.1) is 5.41 Å². The lowest BCUT2D eigenvalue weighted by Crippen LogP contribution is -2.36. The van der Waals surface area contributed by atoms with Gasteiger partial charge in [0.05, 0.1) is 0 Å². The van der Waals surface area contributed by atoms with Crippen molar-refractivity contribution in [1.29, 1.82) is 0 Å². The predicted octanol–water partition coefficient (Wildman–Crippen LogP) is 3.35. The summed E-state index contributed by atoms with van der Waals surface area (Å²) >= 11 is 5.26. The van der Waals surface area contributed by atoms with Crippen molar-refractivity contribution in [3.8, 4) is 0 Å². The first kappa shape index (κ1) is 16.4. The van der Waals surface area contributed by atoms with Gasteiger partial charge < -0.3 is 10.6 Å². The SMILES string of the molecule is CN(Cc1cc(Br)cs1)CC(C)(C)CN.Cl. The maximum Gasteiger partial charge on any atom is 0.0325 e. The molecule has 5 heteroatoms. The van der Waals surface area contributed by atoms with E-state index in [1.165, 1.54) is 9.35 Å². The van der Waals surface area contributed by atoms with Crippen LogP contribution >= 0.6 is 39.7 Å². The normalized spacial score (nSPS) is 11.6. The lowest BCUT2D eigenvalue weighted by Gasteiger charge is -2.28. The van der Waals surface area contributed by atoms with E-state index in [0.29, 0.717) is 0 Å². The van der Waals surface area contributed by atoms with Crippen LogP contribution in [0.1, 0.15) is 18.7 Å². The molecule has 0 fully saturated rings. The average Bonchev–Trinajstić information content (AvgIpc) is 2.50. The second-order valence-electron chi connectivity index (χ2n) is 4.77. The van der Waals surface area contributed by atoms with Gasteiger partial charge in [-0.3, -0.25) is 0 Å². The van der Waals surface area contributed by atoms with E-state index in [4.69, 9.17) is 5.73 Å². The predicted molar refractivity (Wildman–Crippen MR) is 78.4 cm³/mol. The average molecular weight is 328 g/mol. The van der Waals surface area contributed by atoms with Crippen molar-refractivity contribution in [2.45, 2.75) is 20.4 Å². The number of thiophene rings is 1. The molecule has 94 valence electrons. The minimum absolute atomic E-state index is 0. The number of hydrogen-bond donors (Lipinski definition) is 1. The van der Waals surface area contributed by atoms with Gasteiger partial charge in [0.15, 0.2) is 0 Å². The van der Waals surface area contributed by atoms with Crippen molar-refractivity contribution < 1.29 is 0 Å². The van der Waals surface area contributed by atoms with Gasteiger partial charge in [0, 0.05) is 27.8 Å². The molecule has 1 aromatic heterocycles.